The first-order valence-electron chi connectivity index (χ1n) is 8.48. The highest BCUT2D eigenvalue weighted by atomic mass is 19.1. The summed E-state index contributed by atoms with van der Waals surface area (Å²) in [7, 11) is 0. The van der Waals surface area contributed by atoms with Gasteiger partial charge in [-0.2, -0.15) is 0 Å². The van der Waals surface area contributed by atoms with Gasteiger partial charge in [0.1, 0.15) is 19.4 Å². The van der Waals surface area contributed by atoms with Crippen molar-refractivity contribution in [3.63, 3.8) is 0 Å². The van der Waals surface area contributed by atoms with Crippen LogP contribution in [0.15, 0.2) is 42.7 Å². The Morgan fingerprint density at radius 1 is 1.37 bits per heavy atom. The molecular formula is C19H17F2N3O3. The van der Waals surface area contributed by atoms with Crippen LogP contribution in [0.4, 0.5) is 19.3 Å². The van der Waals surface area contributed by atoms with E-state index >= 15 is 0 Å². The topological polar surface area (TPSA) is 67.5 Å². The highest BCUT2D eigenvalue weighted by Crippen LogP contribution is 2.35. The summed E-state index contributed by atoms with van der Waals surface area (Å²) >= 11 is 0. The molecular weight excluding hydrogens is 356 g/mol. The number of hydrogen-bond donors (Lipinski definition) is 1. The molecule has 1 amide bonds. The summed E-state index contributed by atoms with van der Waals surface area (Å²) in [5.41, 5.74) is 2.73. The summed E-state index contributed by atoms with van der Waals surface area (Å²) in [4.78, 5) is 20.9. The van der Waals surface area contributed by atoms with Crippen molar-refractivity contribution >= 4 is 22.8 Å². The Hall–Kier alpha value is -3.16. The van der Waals surface area contributed by atoms with Gasteiger partial charge in [0, 0.05) is 0 Å². The third-order valence-corrected chi connectivity index (χ3v) is 4.36. The summed E-state index contributed by atoms with van der Waals surface area (Å²) in [5.74, 6) is -0.643. The van der Waals surface area contributed by atoms with E-state index in [1.165, 1.54) is 24.0 Å². The van der Waals surface area contributed by atoms with Gasteiger partial charge in [-0.1, -0.05) is 6.07 Å². The Bertz CT molecular complexity index is 989. The minimum atomic E-state index is -1.20. The number of aromatic nitrogens is 2. The number of alkyl halides is 1. The Labute approximate surface area is 153 Å². The van der Waals surface area contributed by atoms with E-state index in [0.717, 1.165) is 11.0 Å². The molecule has 2 atom stereocenters. The maximum Gasteiger partial charge on any atom is 0.415 e. The van der Waals surface area contributed by atoms with Gasteiger partial charge in [0.15, 0.2) is 11.6 Å². The minimum absolute atomic E-state index is 0.0288. The lowest BCUT2D eigenvalue weighted by atomic mass is 10.1. The number of anilines is 1. The van der Waals surface area contributed by atoms with Gasteiger partial charge in [0.25, 0.3) is 0 Å². The second-order valence-corrected chi connectivity index (χ2v) is 6.35. The van der Waals surface area contributed by atoms with Crippen molar-refractivity contribution in [3.8, 4) is 5.75 Å². The van der Waals surface area contributed by atoms with E-state index in [9.17, 15) is 13.6 Å². The number of rotatable bonds is 5. The van der Waals surface area contributed by atoms with Crippen molar-refractivity contribution in [2.45, 2.75) is 19.1 Å². The quantitative estimate of drug-likeness (QED) is 0.730. The fourth-order valence-electron chi connectivity index (χ4n) is 3.07. The van der Waals surface area contributed by atoms with Gasteiger partial charge in [0.2, 0.25) is 0 Å². The Morgan fingerprint density at radius 2 is 2.22 bits per heavy atom. The van der Waals surface area contributed by atoms with Crippen LogP contribution in [-0.4, -0.2) is 35.4 Å². The molecule has 0 radical (unpaired) electrons. The van der Waals surface area contributed by atoms with Crippen LogP contribution in [0.3, 0.4) is 0 Å². The molecule has 3 aromatic rings. The molecule has 140 valence electrons. The highest BCUT2D eigenvalue weighted by Gasteiger charge is 2.36. The molecule has 0 aliphatic carbocycles. The van der Waals surface area contributed by atoms with Gasteiger partial charge >= 0.3 is 6.09 Å². The number of ether oxygens (including phenoxy) is 2. The first-order valence-corrected chi connectivity index (χ1v) is 8.48. The van der Waals surface area contributed by atoms with Gasteiger partial charge in [-0.05, 0) is 42.8 Å². The summed E-state index contributed by atoms with van der Waals surface area (Å²) in [6.07, 6.45) is -0.135. The number of hydrogen-bond acceptors (Lipinski definition) is 4. The second-order valence-electron chi connectivity index (χ2n) is 6.35. The lowest BCUT2D eigenvalue weighted by Crippen LogP contribution is -2.27. The van der Waals surface area contributed by atoms with E-state index in [1.54, 1.807) is 30.6 Å². The molecule has 0 spiro atoms. The first-order chi connectivity index (χ1) is 13.0. The lowest BCUT2D eigenvalue weighted by molar-refractivity contribution is 0.179. The lowest BCUT2D eigenvalue weighted by Gasteiger charge is -2.22. The standard InChI is InChI=1S/C19H17F2N3O3/c1-11(20)8-26-18-5-2-12(6-14(18)21)17-9-27-19(25)24(17)13-3-4-15-16(7-13)23-10-22-15/h2-7,10-11,17H,8-9H2,1H3,(H,22,23)/t11?,17-/m1/s1. The number of fused-ring (bicyclic) bond motifs is 1. The van der Waals surface area contributed by atoms with Gasteiger partial charge in [0.05, 0.1) is 29.1 Å². The van der Waals surface area contributed by atoms with Crippen molar-refractivity contribution in [2.75, 3.05) is 18.1 Å². The number of imidazole rings is 1. The molecule has 1 unspecified atom stereocenters. The molecule has 27 heavy (non-hydrogen) atoms. The molecule has 1 aliphatic heterocycles. The third kappa shape index (κ3) is 3.30. The van der Waals surface area contributed by atoms with Crippen LogP contribution in [0.25, 0.3) is 11.0 Å². The van der Waals surface area contributed by atoms with Crippen molar-refractivity contribution in [1.29, 1.82) is 0 Å². The van der Waals surface area contributed by atoms with E-state index in [0.29, 0.717) is 11.3 Å². The van der Waals surface area contributed by atoms with Crippen LogP contribution in [0, 0.1) is 5.82 Å². The molecule has 4 rings (SSSR count). The van der Waals surface area contributed by atoms with Crippen molar-refractivity contribution in [3.05, 3.63) is 54.1 Å². The van der Waals surface area contributed by atoms with Crippen molar-refractivity contribution in [1.82, 2.24) is 9.97 Å². The van der Waals surface area contributed by atoms with Crippen LogP contribution in [0.2, 0.25) is 0 Å². The predicted molar refractivity (Wildman–Crippen MR) is 95.1 cm³/mol. The second kappa shape index (κ2) is 6.86. The maximum atomic E-state index is 14.3. The monoisotopic (exact) mass is 373 g/mol. The molecule has 6 nitrogen and oxygen atoms in total. The zero-order valence-corrected chi connectivity index (χ0v) is 14.5. The number of aromatic amines is 1. The van der Waals surface area contributed by atoms with Crippen LogP contribution in [-0.2, 0) is 4.74 Å². The summed E-state index contributed by atoms with van der Waals surface area (Å²) in [6.45, 7) is 1.21. The van der Waals surface area contributed by atoms with Gasteiger partial charge in [-0.3, -0.25) is 4.90 Å². The van der Waals surface area contributed by atoms with E-state index in [-0.39, 0.29) is 19.0 Å². The minimum Gasteiger partial charge on any atom is -0.487 e. The fraction of sp³-hybridized carbons (Fsp3) is 0.263. The fourth-order valence-corrected chi connectivity index (χ4v) is 3.07. The number of cyclic esters (lactones) is 1. The molecule has 2 aromatic carbocycles. The number of benzene rings is 2. The molecule has 2 heterocycles. The van der Waals surface area contributed by atoms with Crippen LogP contribution in [0.5, 0.6) is 5.75 Å². The summed E-state index contributed by atoms with van der Waals surface area (Å²) < 4.78 is 37.5. The number of H-pyrrole nitrogens is 1. The highest BCUT2D eigenvalue weighted by molar-refractivity contribution is 5.93. The zero-order chi connectivity index (χ0) is 19.0. The van der Waals surface area contributed by atoms with E-state index < -0.39 is 24.1 Å². The molecule has 1 fully saturated rings. The van der Waals surface area contributed by atoms with E-state index in [1.807, 2.05) is 0 Å². The number of nitrogens with one attached hydrogen (secondary N) is 1. The zero-order valence-electron chi connectivity index (χ0n) is 14.5. The number of nitrogens with zero attached hydrogens (tertiary/aromatic N) is 2. The summed E-state index contributed by atoms with van der Waals surface area (Å²) in [6, 6.07) is 9.23. The number of halogens is 2. The Kier molecular flexibility index (Phi) is 4.39. The summed E-state index contributed by atoms with van der Waals surface area (Å²) in [5, 5.41) is 0. The predicted octanol–water partition coefficient (Wildman–Crippen LogP) is 4.14. The molecule has 1 aliphatic rings. The SMILES string of the molecule is CC(F)COc1ccc([C@H]2COC(=O)N2c2ccc3nc[nH]c3c2)cc1F. The largest absolute Gasteiger partial charge is 0.487 e. The molecule has 0 bridgehead atoms. The van der Waals surface area contributed by atoms with Gasteiger partial charge < -0.3 is 14.5 Å². The number of carbonyl (C=O) groups excluding carboxylic acids is 1. The average molecular weight is 373 g/mol. The average Bonchev–Trinajstić information content (AvgIpc) is 3.26. The molecule has 1 saturated heterocycles. The van der Waals surface area contributed by atoms with Crippen LogP contribution in [0.1, 0.15) is 18.5 Å². The van der Waals surface area contributed by atoms with E-state index in [2.05, 4.69) is 9.97 Å². The Morgan fingerprint density at radius 3 is 3.00 bits per heavy atom. The van der Waals surface area contributed by atoms with Crippen LogP contribution >= 0.6 is 0 Å². The van der Waals surface area contributed by atoms with E-state index in [4.69, 9.17) is 9.47 Å². The van der Waals surface area contributed by atoms with Gasteiger partial charge in [-0.15, -0.1) is 0 Å². The third-order valence-electron chi connectivity index (χ3n) is 4.36. The number of amides is 1. The smallest absolute Gasteiger partial charge is 0.415 e. The molecule has 1 aromatic heterocycles. The van der Waals surface area contributed by atoms with Crippen molar-refractivity contribution < 1.29 is 23.0 Å². The molecule has 1 N–H and O–H groups in total. The number of carbonyl (C=O) groups is 1. The first kappa shape index (κ1) is 17.3. The maximum absolute atomic E-state index is 14.3. The van der Waals surface area contributed by atoms with Crippen LogP contribution < -0.4 is 9.64 Å². The normalized spacial score (nSPS) is 18.0. The van der Waals surface area contributed by atoms with Crippen molar-refractivity contribution in [2.24, 2.45) is 0 Å². The molecule has 8 heteroatoms. The molecule has 0 saturated carbocycles. The van der Waals surface area contributed by atoms with Gasteiger partial charge in [-0.25, -0.2) is 18.6 Å². The Balaban J connectivity index is 1.63.